The molecule has 5 heteroatoms. The van der Waals surface area contributed by atoms with Gasteiger partial charge in [0.15, 0.2) is 0 Å². The fraction of sp³-hybridized carbons (Fsp3) is 0.235. The molecule has 3 rings (SSSR count). The number of benzene rings is 1. The van der Waals surface area contributed by atoms with Crippen LogP contribution in [0.3, 0.4) is 0 Å². The molecule has 3 N–H and O–H groups in total. The molecule has 0 spiro atoms. The standard InChI is InChI=1S/C17H19N3S.H2O/c1-20(2)10-9-18-15-12-16(17-8-5-11-21-17)19-14-7-4-3-6-13(14)15;/h3-8,11-12H,9-10H2,1-2H3,(H,18,19);1H2. The number of nitrogens with one attached hydrogen (secondary N) is 1. The Morgan fingerprint density at radius 2 is 1.95 bits per heavy atom. The smallest absolute Gasteiger partial charge is 0.0829 e. The predicted molar refractivity (Wildman–Crippen MR) is 95.7 cm³/mol. The number of nitrogens with zero attached hydrogens (tertiary/aromatic N) is 2. The maximum absolute atomic E-state index is 4.78. The molecule has 0 fully saturated rings. The van der Waals surface area contributed by atoms with Gasteiger partial charge in [-0.3, -0.25) is 0 Å². The van der Waals surface area contributed by atoms with Gasteiger partial charge in [-0.1, -0.05) is 24.3 Å². The number of rotatable bonds is 5. The van der Waals surface area contributed by atoms with E-state index in [0.717, 1.165) is 30.0 Å². The van der Waals surface area contributed by atoms with Crippen molar-refractivity contribution in [2.75, 3.05) is 32.5 Å². The van der Waals surface area contributed by atoms with E-state index in [9.17, 15) is 0 Å². The number of hydrogen-bond acceptors (Lipinski definition) is 4. The van der Waals surface area contributed by atoms with Gasteiger partial charge in [-0.05, 0) is 37.7 Å². The van der Waals surface area contributed by atoms with Crippen LogP contribution in [-0.4, -0.2) is 42.5 Å². The van der Waals surface area contributed by atoms with Crippen molar-refractivity contribution in [2.45, 2.75) is 0 Å². The van der Waals surface area contributed by atoms with Crippen LogP contribution in [0.4, 0.5) is 5.69 Å². The number of aromatic nitrogens is 1. The van der Waals surface area contributed by atoms with E-state index in [4.69, 9.17) is 4.98 Å². The first-order chi connectivity index (χ1) is 10.2. The Labute approximate surface area is 134 Å². The maximum Gasteiger partial charge on any atom is 0.0829 e. The molecule has 0 bridgehead atoms. The zero-order chi connectivity index (χ0) is 14.7. The molecule has 3 aromatic rings. The van der Waals surface area contributed by atoms with Gasteiger partial charge in [-0.2, -0.15) is 0 Å². The second kappa shape index (κ2) is 7.35. The SMILES string of the molecule is CN(C)CCNc1cc(-c2cccs2)nc2ccccc12.O. The summed E-state index contributed by atoms with van der Waals surface area (Å²) in [7, 11) is 4.17. The van der Waals surface area contributed by atoms with Crippen molar-refractivity contribution in [1.82, 2.24) is 9.88 Å². The third kappa shape index (κ3) is 3.62. The van der Waals surface area contributed by atoms with Crippen LogP contribution < -0.4 is 5.32 Å². The number of fused-ring (bicyclic) bond motifs is 1. The summed E-state index contributed by atoms with van der Waals surface area (Å²) in [5, 5.41) is 6.81. The predicted octanol–water partition coefficient (Wildman–Crippen LogP) is 3.11. The number of pyridine rings is 1. The average molecular weight is 315 g/mol. The lowest BCUT2D eigenvalue weighted by atomic mass is 10.1. The summed E-state index contributed by atoms with van der Waals surface area (Å²) in [5.74, 6) is 0. The van der Waals surface area contributed by atoms with Crippen LogP contribution in [0.1, 0.15) is 0 Å². The molecule has 0 aliphatic carbocycles. The Hall–Kier alpha value is -1.95. The van der Waals surface area contributed by atoms with Gasteiger partial charge < -0.3 is 15.7 Å². The van der Waals surface area contributed by atoms with Crippen LogP contribution >= 0.6 is 11.3 Å². The monoisotopic (exact) mass is 315 g/mol. The van der Waals surface area contributed by atoms with Crippen molar-refractivity contribution < 1.29 is 5.48 Å². The average Bonchev–Trinajstić information content (AvgIpc) is 3.01. The van der Waals surface area contributed by atoms with Crippen LogP contribution in [0.5, 0.6) is 0 Å². The van der Waals surface area contributed by atoms with Gasteiger partial charge in [0.1, 0.15) is 0 Å². The molecular formula is C17H21N3OS. The number of hydrogen-bond donors (Lipinski definition) is 1. The molecule has 0 unspecified atom stereocenters. The fourth-order valence-electron chi connectivity index (χ4n) is 2.29. The third-order valence-electron chi connectivity index (χ3n) is 3.36. The minimum absolute atomic E-state index is 0. The highest BCUT2D eigenvalue weighted by molar-refractivity contribution is 7.13. The Bertz CT molecular complexity index is 726. The van der Waals surface area contributed by atoms with Crippen molar-refractivity contribution in [2.24, 2.45) is 0 Å². The van der Waals surface area contributed by atoms with Crippen molar-refractivity contribution in [3.8, 4) is 10.6 Å². The van der Waals surface area contributed by atoms with E-state index in [0.29, 0.717) is 0 Å². The molecule has 0 aliphatic rings. The molecule has 0 radical (unpaired) electrons. The fourth-order valence-corrected chi connectivity index (χ4v) is 2.97. The first-order valence-corrected chi connectivity index (χ1v) is 7.94. The minimum Gasteiger partial charge on any atom is -0.412 e. The van der Waals surface area contributed by atoms with E-state index in [2.05, 4.69) is 66.1 Å². The Morgan fingerprint density at radius 1 is 1.14 bits per heavy atom. The first kappa shape index (κ1) is 16.4. The molecule has 0 atom stereocenters. The first-order valence-electron chi connectivity index (χ1n) is 7.06. The topological polar surface area (TPSA) is 59.7 Å². The van der Waals surface area contributed by atoms with E-state index < -0.39 is 0 Å². The van der Waals surface area contributed by atoms with Gasteiger partial charge in [0.2, 0.25) is 0 Å². The van der Waals surface area contributed by atoms with E-state index in [1.165, 1.54) is 10.3 Å². The normalized spacial score (nSPS) is 10.7. The van der Waals surface area contributed by atoms with E-state index in [1.807, 2.05) is 6.07 Å². The quantitative estimate of drug-likeness (QED) is 0.787. The van der Waals surface area contributed by atoms with Gasteiger partial charge in [0.05, 0.1) is 16.1 Å². The zero-order valence-electron chi connectivity index (χ0n) is 12.8. The third-order valence-corrected chi connectivity index (χ3v) is 4.26. The molecule has 2 heterocycles. The molecule has 0 saturated heterocycles. The second-order valence-electron chi connectivity index (χ2n) is 5.28. The Morgan fingerprint density at radius 3 is 2.68 bits per heavy atom. The molecule has 22 heavy (non-hydrogen) atoms. The van der Waals surface area contributed by atoms with Crippen molar-refractivity contribution in [1.29, 1.82) is 0 Å². The molecule has 116 valence electrons. The summed E-state index contributed by atoms with van der Waals surface area (Å²) >= 11 is 1.72. The van der Waals surface area contributed by atoms with Crippen molar-refractivity contribution >= 4 is 27.9 Å². The highest BCUT2D eigenvalue weighted by Crippen LogP contribution is 2.30. The Kier molecular flexibility index (Phi) is 5.49. The van der Waals surface area contributed by atoms with Crippen molar-refractivity contribution in [3.63, 3.8) is 0 Å². The summed E-state index contributed by atoms with van der Waals surface area (Å²) in [6.07, 6.45) is 0. The number of likely N-dealkylation sites (N-methyl/N-ethyl adjacent to an activating group) is 1. The highest BCUT2D eigenvalue weighted by atomic mass is 32.1. The van der Waals surface area contributed by atoms with Crippen LogP contribution in [0.15, 0.2) is 47.8 Å². The molecule has 2 aromatic heterocycles. The number of para-hydroxylation sites is 1. The van der Waals surface area contributed by atoms with Crippen LogP contribution in [0.2, 0.25) is 0 Å². The lowest BCUT2D eigenvalue weighted by molar-refractivity contribution is 0.425. The summed E-state index contributed by atoms with van der Waals surface area (Å²) in [6, 6.07) is 14.6. The van der Waals surface area contributed by atoms with E-state index in [1.54, 1.807) is 11.3 Å². The van der Waals surface area contributed by atoms with Crippen LogP contribution in [0, 0.1) is 0 Å². The largest absolute Gasteiger partial charge is 0.412 e. The van der Waals surface area contributed by atoms with Gasteiger partial charge in [0, 0.05) is 24.2 Å². The molecule has 0 amide bonds. The molecular weight excluding hydrogens is 294 g/mol. The Balaban J connectivity index is 0.00000176. The van der Waals surface area contributed by atoms with Crippen molar-refractivity contribution in [3.05, 3.63) is 47.8 Å². The minimum atomic E-state index is 0. The molecule has 0 aliphatic heterocycles. The number of thiophene rings is 1. The number of anilines is 1. The zero-order valence-corrected chi connectivity index (χ0v) is 13.7. The summed E-state index contributed by atoms with van der Waals surface area (Å²) < 4.78 is 0. The van der Waals surface area contributed by atoms with Gasteiger partial charge in [-0.15, -0.1) is 11.3 Å². The summed E-state index contributed by atoms with van der Waals surface area (Å²) in [4.78, 5) is 8.16. The molecule has 1 aromatic carbocycles. The van der Waals surface area contributed by atoms with Gasteiger partial charge in [0.25, 0.3) is 0 Å². The molecule has 4 nitrogen and oxygen atoms in total. The molecule has 0 saturated carbocycles. The maximum atomic E-state index is 4.78. The van der Waals surface area contributed by atoms with Crippen LogP contribution in [0.25, 0.3) is 21.5 Å². The lowest BCUT2D eigenvalue weighted by Crippen LogP contribution is -2.20. The second-order valence-corrected chi connectivity index (χ2v) is 6.23. The van der Waals surface area contributed by atoms with Gasteiger partial charge in [-0.25, -0.2) is 4.98 Å². The van der Waals surface area contributed by atoms with E-state index in [-0.39, 0.29) is 5.48 Å². The lowest BCUT2D eigenvalue weighted by Gasteiger charge is -2.14. The van der Waals surface area contributed by atoms with Crippen LogP contribution in [-0.2, 0) is 0 Å². The summed E-state index contributed by atoms with van der Waals surface area (Å²) in [5.41, 5.74) is 3.23. The summed E-state index contributed by atoms with van der Waals surface area (Å²) in [6.45, 7) is 1.93. The highest BCUT2D eigenvalue weighted by Gasteiger charge is 2.07. The van der Waals surface area contributed by atoms with Gasteiger partial charge >= 0.3 is 0 Å². The van der Waals surface area contributed by atoms with E-state index >= 15 is 0 Å².